The smallest absolute Gasteiger partial charge is 0.167 e. The molecule has 170 valence electrons. The molecule has 6 aromatic rings. The zero-order valence-electron chi connectivity index (χ0n) is 17.9. The Kier molecular flexibility index (Phi) is 5.46. The first-order valence-electron chi connectivity index (χ1n) is 10.3. The van der Waals surface area contributed by atoms with Crippen molar-refractivity contribution in [2.75, 3.05) is 11.1 Å². The van der Waals surface area contributed by atoms with Crippen LogP contribution in [0.3, 0.4) is 0 Å². The van der Waals surface area contributed by atoms with Crippen LogP contribution in [0.2, 0.25) is 0 Å². The number of nitrogens with one attached hydrogen (secondary N) is 1. The van der Waals surface area contributed by atoms with Gasteiger partial charge in [0.15, 0.2) is 16.8 Å². The lowest BCUT2D eigenvalue weighted by atomic mass is 10.2. The van der Waals surface area contributed by atoms with Crippen LogP contribution in [0.4, 0.5) is 17.3 Å². The molecule has 3 N–H and O–H groups in total. The zero-order chi connectivity index (χ0) is 23.8. The normalized spacial score (nSPS) is 11.9. The summed E-state index contributed by atoms with van der Waals surface area (Å²) in [6.07, 6.45) is 6.40. The van der Waals surface area contributed by atoms with E-state index >= 15 is 0 Å². The van der Waals surface area contributed by atoms with Crippen molar-refractivity contribution in [3.63, 3.8) is 0 Å². The third-order valence-corrected chi connectivity index (χ3v) is 8.64. The fraction of sp³-hybridized carbons (Fsp3) is 0. The van der Waals surface area contributed by atoms with Gasteiger partial charge >= 0.3 is 0 Å². The topological polar surface area (TPSA) is 112 Å². The first kappa shape index (κ1) is 21.4. The van der Waals surface area contributed by atoms with Gasteiger partial charge in [-0.25, -0.2) is 24.1 Å². The van der Waals surface area contributed by atoms with E-state index in [0.29, 0.717) is 17.3 Å². The second-order valence-corrected chi connectivity index (χ2v) is 10.9. The molecule has 0 radical (unpaired) electrons. The Bertz CT molecular complexity index is 1760. The number of aromatic nitrogens is 5. The third-order valence-electron chi connectivity index (χ3n) is 5.06. The molecule has 0 bridgehead atoms. The molecule has 5 heterocycles. The Balaban J connectivity index is 1.29. The van der Waals surface area contributed by atoms with Gasteiger partial charge < -0.3 is 11.1 Å². The molecule has 11 heteroatoms. The summed E-state index contributed by atoms with van der Waals surface area (Å²) < 4.78 is 16.4. The van der Waals surface area contributed by atoms with Crippen molar-refractivity contribution in [2.24, 2.45) is 0 Å². The van der Waals surface area contributed by atoms with Gasteiger partial charge in [-0.05, 0) is 53.6 Å². The molecular formula is C24H15N7OS3. The predicted octanol–water partition coefficient (Wildman–Crippen LogP) is 4.79. The number of rotatable bonds is 4. The minimum Gasteiger partial charge on any atom is -0.382 e. The van der Waals surface area contributed by atoms with Crippen LogP contribution in [0.15, 0.2) is 77.0 Å². The summed E-state index contributed by atoms with van der Waals surface area (Å²) in [5.74, 6) is 7.16. The molecule has 1 unspecified atom stereocenters. The Hall–Kier alpha value is -4.11. The van der Waals surface area contributed by atoms with Crippen molar-refractivity contribution in [3.05, 3.63) is 83.3 Å². The highest BCUT2D eigenvalue weighted by atomic mass is 32.2. The minimum absolute atomic E-state index is 0.355. The fourth-order valence-corrected chi connectivity index (χ4v) is 6.47. The minimum atomic E-state index is -1.27. The molecule has 0 aliphatic carbocycles. The van der Waals surface area contributed by atoms with Crippen molar-refractivity contribution >= 4 is 72.1 Å². The Morgan fingerprint density at radius 1 is 1.03 bits per heavy atom. The molecule has 6 rings (SSSR count). The molecule has 8 nitrogen and oxygen atoms in total. The van der Waals surface area contributed by atoms with E-state index in [0.717, 1.165) is 35.9 Å². The second kappa shape index (κ2) is 8.92. The van der Waals surface area contributed by atoms with E-state index in [1.165, 1.54) is 35.2 Å². The summed E-state index contributed by atoms with van der Waals surface area (Å²) in [6, 6.07) is 13.6. The number of nitrogen functional groups attached to an aromatic ring is 1. The highest BCUT2D eigenvalue weighted by Crippen LogP contribution is 2.32. The van der Waals surface area contributed by atoms with E-state index in [1.807, 2.05) is 54.0 Å². The van der Waals surface area contributed by atoms with Crippen molar-refractivity contribution in [2.45, 2.75) is 4.21 Å². The number of nitrogens with zero attached hydrogens (tertiary/aromatic N) is 5. The molecular weight excluding hydrogens is 499 g/mol. The van der Waals surface area contributed by atoms with Crippen molar-refractivity contribution in [1.29, 1.82) is 0 Å². The molecule has 1 atom stereocenters. The maximum Gasteiger partial charge on any atom is 0.167 e. The third kappa shape index (κ3) is 4.26. The van der Waals surface area contributed by atoms with Crippen LogP contribution in [0.5, 0.6) is 0 Å². The van der Waals surface area contributed by atoms with E-state index in [1.54, 1.807) is 10.2 Å². The molecule has 0 spiro atoms. The number of benzene rings is 1. The van der Waals surface area contributed by atoms with Crippen molar-refractivity contribution in [3.8, 4) is 11.8 Å². The van der Waals surface area contributed by atoms with Gasteiger partial charge in [-0.1, -0.05) is 6.07 Å². The summed E-state index contributed by atoms with van der Waals surface area (Å²) in [5, 5.41) is 6.30. The van der Waals surface area contributed by atoms with Gasteiger partial charge in [0.2, 0.25) is 0 Å². The first-order chi connectivity index (χ1) is 17.1. The average Bonchev–Trinajstić information content (AvgIpc) is 3.63. The van der Waals surface area contributed by atoms with Crippen molar-refractivity contribution in [1.82, 2.24) is 23.9 Å². The van der Waals surface area contributed by atoms with E-state index < -0.39 is 11.0 Å². The molecule has 1 aromatic carbocycles. The molecule has 0 saturated carbocycles. The monoisotopic (exact) mass is 513 g/mol. The van der Waals surface area contributed by atoms with Gasteiger partial charge in [-0.15, -0.1) is 22.7 Å². The molecule has 0 saturated heterocycles. The number of hydrogen-bond acceptors (Lipinski definition) is 9. The highest BCUT2D eigenvalue weighted by molar-refractivity contribution is 7.86. The Labute approximate surface area is 210 Å². The number of hydrogen-bond donors (Lipinski definition) is 2. The van der Waals surface area contributed by atoms with Crippen LogP contribution in [-0.2, 0) is 11.0 Å². The van der Waals surface area contributed by atoms with Gasteiger partial charge in [-0.3, -0.25) is 3.97 Å². The van der Waals surface area contributed by atoms with E-state index in [-0.39, 0.29) is 0 Å². The molecule has 0 aliphatic heterocycles. The number of anilines is 3. The quantitative estimate of drug-likeness (QED) is 0.326. The molecule has 5 aromatic heterocycles. The van der Waals surface area contributed by atoms with E-state index in [9.17, 15) is 4.21 Å². The summed E-state index contributed by atoms with van der Waals surface area (Å²) in [5.41, 5.74) is 8.69. The summed E-state index contributed by atoms with van der Waals surface area (Å²) in [6.45, 7) is 0. The van der Waals surface area contributed by atoms with Crippen LogP contribution in [0, 0.1) is 11.8 Å². The van der Waals surface area contributed by atoms with Crippen LogP contribution in [0.25, 0.3) is 21.1 Å². The fourth-order valence-electron chi connectivity index (χ4n) is 3.47. The second-order valence-electron chi connectivity index (χ2n) is 7.35. The predicted molar refractivity (Wildman–Crippen MR) is 141 cm³/mol. The lowest BCUT2D eigenvalue weighted by molar-refractivity contribution is 0.680. The number of nitrogens with two attached hydrogens (primary N) is 1. The standard InChI is InChI=1S/C24H15N7OS3/c25-21-13-26-17(12-27-21)3-5-18-11-19-23(34-18)24(29-14-28-19)30-16-4-6-20-15(10-16)7-8-31(20)35(32)22-2-1-9-33-22/h1-2,4,6-14H,(H2,25,27)(H,28,29,30). The van der Waals surface area contributed by atoms with Gasteiger partial charge in [0.05, 0.1) is 33.0 Å². The Morgan fingerprint density at radius 2 is 1.97 bits per heavy atom. The van der Waals surface area contributed by atoms with Crippen LogP contribution < -0.4 is 11.1 Å². The number of thiophene rings is 2. The zero-order valence-corrected chi connectivity index (χ0v) is 20.3. The van der Waals surface area contributed by atoms with E-state index in [2.05, 4.69) is 37.1 Å². The van der Waals surface area contributed by atoms with Gasteiger partial charge in [0, 0.05) is 17.3 Å². The largest absolute Gasteiger partial charge is 0.382 e. The maximum atomic E-state index is 12.9. The first-order valence-corrected chi connectivity index (χ1v) is 13.1. The summed E-state index contributed by atoms with van der Waals surface area (Å²) in [4.78, 5) is 17.8. The molecule has 0 fully saturated rings. The SMILES string of the molecule is Nc1cnc(C#Cc2cc3ncnc(Nc4ccc5c(ccn5S(=O)c5cccs5)c4)c3s2)cn1. The van der Waals surface area contributed by atoms with Crippen molar-refractivity contribution < 1.29 is 4.21 Å². The summed E-state index contributed by atoms with van der Waals surface area (Å²) >= 11 is 2.98. The lowest BCUT2D eigenvalue weighted by Crippen LogP contribution is -2.01. The Morgan fingerprint density at radius 3 is 2.80 bits per heavy atom. The van der Waals surface area contributed by atoms with Gasteiger partial charge in [0.25, 0.3) is 0 Å². The highest BCUT2D eigenvalue weighted by Gasteiger charge is 2.13. The molecule has 0 aliphatic rings. The number of fused-ring (bicyclic) bond motifs is 2. The van der Waals surface area contributed by atoms with Crippen LogP contribution >= 0.6 is 22.7 Å². The average molecular weight is 514 g/mol. The maximum absolute atomic E-state index is 12.9. The summed E-state index contributed by atoms with van der Waals surface area (Å²) in [7, 11) is -1.27. The van der Waals surface area contributed by atoms with Gasteiger partial charge in [-0.2, -0.15) is 0 Å². The molecule has 35 heavy (non-hydrogen) atoms. The lowest BCUT2D eigenvalue weighted by Gasteiger charge is -2.07. The molecule has 0 amide bonds. The van der Waals surface area contributed by atoms with Crippen LogP contribution in [0.1, 0.15) is 10.6 Å². The van der Waals surface area contributed by atoms with Gasteiger partial charge in [0.1, 0.15) is 22.0 Å². The van der Waals surface area contributed by atoms with Crippen LogP contribution in [-0.4, -0.2) is 28.1 Å². The van der Waals surface area contributed by atoms with E-state index in [4.69, 9.17) is 5.73 Å².